The number of rotatable bonds is 2. The van der Waals surface area contributed by atoms with Crippen LogP contribution in [-0.2, 0) is 0 Å². The van der Waals surface area contributed by atoms with Crippen molar-refractivity contribution in [2.75, 3.05) is 7.11 Å². The van der Waals surface area contributed by atoms with Crippen LogP contribution in [0.4, 0.5) is 0 Å². The normalized spacial score (nSPS) is 16.8. The van der Waals surface area contributed by atoms with Gasteiger partial charge >= 0.3 is 0 Å². The Kier molecular flexibility index (Phi) is 2.77. The zero-order valence-corrected chi connectivity index (χ0v) is 10.2. The Morgan fingerprint density at radius 2 is 1.78 bits per heavy atom. The van der Waals surface area contributed by atoms with Crippen LogP contribution in [0.2, 0.25) is 0 Å². The van der Waals surface area contributed by atoms with Crippen molar-refractivity contribution in [1.82, 2.24) is 0 Å². The minimum atomic E-state index is 0.251. The number of benzene rings is 2. The summed E-state index contributed by atoms with van der Waals surface area (Å²) in [4.78, 5) is 0. The zero-order chi connectivity index (χ0) is 12.4. The zero-order valence-electron chi connectivity index (χ0n) is 10.2. The third-order valence-corrected chi connectivity index (χ3v) is 3.20. The third-order valence-electron chi connectivity index (χ3n) is 3.20. The molecule has 18 heavy (non-hydrogen) atoms. The molecule has 0 aromatic heterocycles. The Bertz CT molecular complexity index is 570. The Balaban J connectivity index is 2.00. The molecule has 0 aliphatic carbocycles. The number of fused-ring (bicyclic) bond motifs is 1. The van der Waals surface area contributed by atoms with Gasteiger partial charge in [0, 0.05) is 11.5 Å². The highest BCUT2D eigenvalue weighted by Crippen LogP contribution is 2.36. The van der Waals surface area contributed by atoms with E-state index in [-0.39, 0.29) is 5.92 Å². The van der Waals surface area contributed by atoms with Crippen LogP contribution in [0.3, 0.4) is 0 Å². The molecule has 0 fully saturated rings. The van der Waals surface area contributed by atoms with Crippen LogP contribution in [0.1, 0.15) is 17.0 Å². The molecule has 3 rings (SSSR count). The van der Waals surface area contributed by atoms with Gasteiger partial charge in [0.2, 0.25) is 0 Å². The molecule has 0 radical (unpaired) electrons. The summed E-state index contributed by atoms with van der Waals surface area (Å²) in [5, 5.41) is 0. The fraction of sp³-hybridized carbons (Fsp3) is 0.125. The average molecular weight is 238 g/mol. The van der Waals surface area contributed by atoms with Crippen molar-refractivity contribution in [2.24, 2.45) is 0 Å². The van der Waals surface area contributed by atoms with E-state index in [1.807, 2.05) is 30.3 Å². The molecule has 1 unspecified atom stereocenters. The van der Waals surface area contributed by atoms with Gasteiger partial charge in [-0.15, -0.1) is 0 Å². The molecular weight excluding hydrogens is 224 g/mol. The quantitative estimate of drug-likeness (QED) is 0.793. The molecule has 0 bridgehead atoms. The average Bonchev–Trinajstić information content (AvgIpc) is 2.47. The lowest BCUT2D eigenvalue weighted by Gasteiger charge is -2.21. The first-order chi connectivity index (χ1) is 8.88. The van der Waals surface area contributed by atoms with Crippen LogP contribution >= 0.6 is 0 Å². The first kappa shape index (κ1) is 10.9. The van der Waals surface area contributed by atoms with E-state index in [0.717, 1.165) is 11.5 Å². The molecule has 0 N–H and O–H groups in total. The molecule has 2 aromatic carbocycles. The highest BCUT2D eigenvalue weighted by Gasteiger charge is 2.18. The molecule has 2 aromatic rings. The second kappa shape index (κ2) is 4.57. The number of hydrogen-bond acceptors (Lipinski definition) is 2. The maximum absolute atomic E-state index is 5.51. The predicted molar refractivity (Wildman–Crippen MR) is 71.0 cm³/mol. The number of hydrogen-bond donors (Lipinski definition) is 0. The largest absolute Gasteiger partial charge is 0.497 e. The fourth-order valence-electron chi connectivity index (χ4n) is 2.24. The van der Waals surface area contributed by atoms with Gasteiger partial charge in [0.1, 0.15) is 11.5 Å². The molecule has 1 aliphatic rings. The molecule has 0 saturated heterocycles. The van der Waals surface area contributed by atoms with E-state index in [1.54, 1.807) is 13.4 Å². The smallest absolute Gasteiger partial charge is 0.130 e. The topological polar surface area (TPSA) is 18.5 Å². The first-order valence-electron chi connectivity index (χ1n) is 5.94. The van der Waals surface area contributed by atoms with E-state index < -0.39 is 0 Å². The molecule has 0 spiro atoms. The van der Waals surface area contributed by atoms with Crippen LogP contribution in [0.5, 0.6) is 11.5 Å². The molecule has 1 atom stereocenters. The maximum Gasteiger partial charge on any atom is 0.130 e. The van der Waals surface area contributed by atoms with Crippen LogP contribution in [-0.4, -0.2) is 7.11 Å². The summed E-state index contributed by atoms with van der Waals surface area (Å²) in [6, 6.07) is 16.3. The lowest BCUT2D eigenvalue weighted by Crippen LogP contribution is -2.05. The van der Waals surface area contributed by atoms with E-state index in [1.165, 1.54) is 11.1 Å². The lowest BCUT2D eigenvalue weighted by atomic mass is 9.90. The minimum absolute atomic E-state index is 0.251. The van der Waals surface area contributed by atoms with Crippen molar-refractivity contribution >= 4 is 0 Å². The molecule has 90 valence electrons. The van der Waals surface area contributed by atoms with E-state index in [2.05, 4.69) is 24.3 Å². The van der Waals surface area contributed by atoms with Gasteiger partial charge in [0.15, 0.2) is 0 Å². The number of para-hydroxylation sites is 1. The second-order valence-electron chi connectivity index (χ2n) is 4.24. The van der Waals surface area contributed by atoms with Gasteiger partial charge in [0.25, 0.3) is 0 Å². The molecule has 2 nitrogen and oxygen atoms in total. The van der Waals surface area contributed by atoms with E-state index in [9.17, 15) is 0 Å². The van der Waals surface area contributed by atoms with Crippen LogP contribution in [0, 0.1) is 0 Å². The van der Waals surface area contributed by atoms with Crippen molar-refractivity contribution in [3.63, 3.8) is 0 Å². The second-order valence-corrected chi connectivity index (χ2v) is 4.24. The van der Waals surface area contributed by atoms with Gasteiger partial charge in [-0.2, -0.15) is 0 Å². The van der Waals surface area contributed by atoms with Gasteiger partial charge in [-0.1, -0.05) is 30.3 Å². The van der Waals surface area contributed by atoms with Gasteiger partial charge in [-0.05, 0) is 29.8 Å². The van der Waals surface area contributed by atoms with Gasteiger partial charge < -0.3 is 9.47 Å². The minimum Gasteiger partial charge on any atom is -0.497 e. The number of allylic oxidation sites excluding steroid dienone is 1. The molecule has 1 aliphatic heterocycles. The fourth-order valence-corrected chi connectivity index (χ4v) is 2.24. The predicted octanol–water partition coefficient (Wildman–Crippen LogP) is 3.73. The monoisotopic (exact) mass is 238 g/mol. The number of ether oxygens (including phenoxy) is 2. The number of methoxy groups -OCH3 is 1. The SMILES string of the molecule is COc1ccc(C2C=COc3ccccc32)cc1. The van der Waals surface area contributed by atoms with Crippen molar-refractivity contribution in [3.8, 4) is 11.5 Å². The van der Waals surface area contributed by atoms with Crippen molar-refractivity contribution in [3.05, 3.63) is 72.0 Å². The first-order valence-corrected chi connectivity index (χ1v) is 5.94. The summed E-state index contributed by atoms with van der Waals surface area (Å²) in [7, 11) is 1.68. The summed E-state index contributed by atoms with van der Waals surface area (Å²) in [5.41, 5.74) is 2.44. The van der Waals surface area contributed by atoms with Crippen molar-refractivity contribution in [2.45, 2.75) is 5.92 Å². The Labute approximate surface area is 106 Å². The molecule has 1 heterocycles. The summed E-state index contributed by atoms with van der Waals surface area (Å²) in [6.07, 6.45) is 3.83. The standard InChI is InChI=1S/C16H14O2/c1-17-13-8-6-12(7-9-13)14-10-11-18-16-5-3-2-4-15(14)16/h2-11,14H,1H3. The van der Waals surface area contributed by atoms with Crippen LogP contribution in [0.25, 0.3) is 0 Å². The molecular formula is C16H14O2. The Morgan fingerprint density at radius 3 is 2.56 bits per heavy atom. The van der Waals surface area contributed by atoms with E-state index in [4.69, 9.17) is 9.47 Å². The summed E-state index contributed by atoms with van der Waals surface area (Å²) < 4.78 is 10.7. The molecule has 0 saturated carbocycles. The molecule has 0 amide bonds. The van der Waals surface area contributed by atoms with Gasteiger partial charge in [0.05, 0.1) is 13.4 Å². The van der Waals surface area contributed by atoms with Gasteiger partial charge in [-0.25, -0.2) is 0 Å². The molecule has 2 heteroatoms. The summed E-state index contributed by atoms with van der Waals surface area (Å²) >= 11 is 0. The van der Waals surface area contributed by atoms with Crippen LogP contribution in [0.15, 0.2) is 60.9 Å². The van der Waals surface area contributed by atoms with Gasteiger partial charge in [-0.3, -0.25) is 0 Å². The van der Waals surface area contributed by atoms with Crippen LogP contribution < -0.4 is 9.47 Å². The van der Waals surface area contributed by atoms with Crippen molar-refractivity contribution in [1.29, 1.82) is 0 Å². The van der Waals surface area contributed by atoms with Crippen molar-refractivity contribution < 1.29 is 9.47 Å². The lowest BCUT2D eigenvalue weighted by molar-refractivity contribution is 0.414. The Hall–Kier alpha value is -2.22. The summed E-state index contributed by atoms with van der Waals surface area (Å²) in [6.45, 7) is 0. The Morgan fingerprint density at radius 1 is 1.00 bits per heavy atom. The maximum atomic E-state index is 5.51. The highest BCUT2D eigenvalue weighted by atomic mass is 16.5. The van der Waals surface area contributed by atoms with E-state index in [0.29, 0.717) is 0 Å². The summed E-state index contributed by atoms with van der Waals surface area (Å²) in [5.74, 6) is 2.06. The highest BCUT2D eigenvalue weighted by molar-refractivity contribution is 5.47. The van der Waals surface area contributed by atoms with E-state index >= 15 is 0 Å². The third kappa shape index (κ3) is 1.86.